The molecule has 1 heterocycles. The molecule has 0 radical (unpaired) electrons. The Morgan fingerprint density at radius 1 is 1.31 bits per heavy atom. The summed E-state index contributed by atoms with van der Waals surface area (Å²) in [7, 11) is 1.96. The molecule has 0 atom stereocenters. The van der Waals surface area contributed by atoms with Gasteiger partial charge in [-0.15, -0.1) is 0 Å². The number of hydrogen-bond acceptors (Lipinski definition) is 5. The summed E-state index contributed by atoms with van der Waals surface area (Å²) in [5.74, 6) is -0.505. The average Bonchev–Trinajstić information content (AvgIpc) is 3.04. The number of nitrogens with two attached hydrogens (primary N) is 1. The van der Waals surface area contributed by atoms with E-state index in [4.69, 9.17) is 28.9 Å². The van der Waals surface area contributed by atoms with Crippen molar-refractivity contribution in [2.24, 2.45) is 5.73 Å². The first-order valence-corrected chi connectivity index (χ1v) is 8.80. The van der Waals surface area contributed by atoms with Crippen LogP contribution in [0.1, 0.15) is 41.1 Å². The Labute approximate surface area is 163 Å². The lowest BCUT2D eigenvalue weighted by atomic mass is 10.2. The number of hydrogen-bond donors (Lipinski definition) is 4. The summed E-state index contributed by atoms with van der Waals surface area (Å²) in [6, 6.07) is 4.74. The van der Waals surface area contributed by atoms with Gasteiger partial charge < -0.3 is 16.4 Å². The number of aromatic nitrogens is 2. The van der Waals surface area contributed by atoms with Crippen LogP contribution >= 0.6 is 23.2 Å². The molecule has 0 saturated heterocycles. The fourth-order valence-corrected chi connectivity index (χ4v) is 2.20. The van der Waals surface area contributed by atoms with Crippen LogP contribution in [0.2, 0.25) is 10.0 Å². The number of aromatic amines is 1. The number of aldehydes is 1. The summed E-state index contributed by atoms with van der Waals surface area (Å²) in [5.41, 5.74) is 5.44. The molecule has 0 spiro atoms. The number of amides is 1. The molecule has 1 aromatic carbocycles. The minimum Gasteiger partial charge on any atom is -0.331 e. The lowest BCUT2D eigenvalue weighted by Crippen LogP contribution is -2.13. The van der Waals surface area contributed by atoms with Gasteiger partial charge >= 0.3 is 0 Å². The summed E-state index contributed by atoms with van der Waals surface area (Å²) in [6.07, 6.45) is 3.11. The van der Waals surface area contributed by atoms with Gasteiger partial charge in [0.25, 0.3) is 5.91 Å². The number of anilines is 1. The van der Waals surface area contributed by atoms with Crippen molar-refractivity contribution in [3.8, 4) is 0 Å². The molecule has 7 nitrogen and oxygen atoms in total. The van der Waals surface area contributed by atoms with Crippen molar-refractivity contribution in [1.82, 2.24) is 15.5 Å². The maximum Gasteiger partial charge on any atom is 0.258 e. The summed E-state index contributed by atoms with van der Waals surface area (Å²) in [4.78, 5) is 22.6. The Hall–Kier alpha value is -1.93. The number of rotatable bonds is 5. The minimum atomic E-state index is -0.505. The number of H-pyrrole nitrogens is 1. The molecule has 5 N–H and O–H groups in total. The van der Waals surface area contributed by atoms with Crippen molar-refractivity contribution in [3.05, 3.63) is 45.7 Å². The molecule has 0 aliphatic carbocycles. The van der Waals surface area contributed by atoms with E-state index in [1.54, 1.807) is 18.2 Å². The first kappa shape index (κ1) is 24.1. The van der Waals surface area contributed by atoms with Crippen LogP contribution in [-0.2, 0) is 0 Å². The summed E-state index contributed by atoms with van der Waals surface area (Å²) in [5, 5.41) is 12.1. The van der Waals surface area contributed by atoms with Crippen LogP contribution < -0.4 is 16.4 Å². The van der Waals surface area contributed by atoms with E-state index in [1.807, 2.05) is 14.0 Å². The standard InChI is InChI=1S/C11H7Cl2N3O2.C4H11N.C2H7N/c12-6-2-1-3-7(13)10(6)11(18)15-8-4-14-16-9(8)5-17;1-3-4-5-2;1-2-3/h1-5H,(H,14,16)(H,15,18);5H,3-4H2,1-2H3;2-3H2,1H3. The third-order valence-corrected chi connectivity index (χ3v) is 3.35. The number of nitrogens with one attached hydrogen (secondary N) is 3. The molecule has 9 heteroatoms. The van der Waals surface area contributed by atoms with E-state index in [0.717, 1.165) is 13.1 Å². The molecule has 2 rings (SSSR count). The molecular weight excluding hydrogens is 377 g/mol. The molecule has 2 aromatic rings. The van der Waals surface area contributed by atoms with Gasteiger partial charge in [0, 0.05) is 0 Å². The first-order chi connectivity index (χ1) is 12.5. The first-order valence-electron chi connectivity index (χ1n) is 8.05. The predicted octanol–water partition coefficient (Wildman–Crippen LogP) is 3.36. The summed E-state index contributed by atoms with van der Waals surface area (Å²) in [6.45, 7) is 5.94. The van der Waals surface area contributed by atoms with Crippen LogP contribution in [0.3, 0.4) is 0 Å². The second-order valence-corrected chi connectivity index (χ2v) is 5.69. The fraction of sp³-hybridized carbons (Fsp3) is 0.353. The van der Waals surface area contributed by atoms with Crippen LogP contribution in [0.15, 0.2) is 24.4 Å². The van der Waals surface area contributed by atoms with Gasteiger partial charge in [-0.25, -0.2) is 0 Å². The van der Waals surface area contributed by atoms with Gasteiger partial charge in [0.2, 0.25) is 0 Å². The van der Waals surface area contributed by atoms with E-state index in [2.05, 4.69) is 27.8 Å². The molecule has 26 heavy (non-hydrogen) atoms. The predicted molar refractivity (Wildman–Crippen MR) is 107 cm³/mol. The van der Waals surface area contributed by atoms with Crippen molar-refractivity contribution >= 4 is 41.1 Å². The van der Waals surface area contributed by atoms with Crippen LogP contribution in [-0.4, -0.2) is 42.5 Å². The zero-order valence-corrected chi connectivity index (χ0v) is 16.6. The highest BCUT2D eigenvalue weighted by molar-refractivity contribution is 6.40. The second-order valence-electron chi connectivity index (χ2n) is 4.88. The lowest BCUT2D eigenvalue weighted by Gasteiger charge is -2.07. The van der Waals surface area contributed by atoms with E-state index in [0.29, 0.717) is 6.29 Å². The van der Waals surface area contributed by atoms with E-state index < -0.39 is 5.91 Å². The van der Waals surface area contributed by atoms with Crippen LogP contribution in [0.4, 0.5) is 5.69 Å². The maximum atomic E-state index is 12.0. The summed E-state index contributed by atoms with van der Waals surface area (Å²) >= 11 is 11.8. The van der Waals surface area contributed by atoms with Gasteiger partial charge in [0.1, 0.15) is 5.69 Å². The molecule has 144 valence electrons. The van der Waals surface area contributed by atoms with Crippen molar-refractivity contribution in [3.63, 3.8) is 0 Å². The third-order valence-electron chi connectivity index (χ3n) is 2.72. The number of nitrogens with zero attached hydrogens (tertiary/aromatic N) is 1. The topological polar surface area (TPSA) is 113 Å². The normalized spacial score (nSPS) is 9.31. The van der Waals surface area contributed by atoms with Crippen LogP contribution in [0.5, 0.6) is 0 Å². The maximum absolute atomic E-state index is 12.0. The van der Waals surface area contributed by atoms with Crippen molar-refractivity contribution in [1.29, 1.82) is 0 Å². The largest absolute Gasteiger partial charge is 0.331 e. The Balaban J connectivity index is 0.000000663. The van der Waals surface area contributed by atoms with Crippen molar-refractivity contribution in [2.75, 3.05) is 25.5 Å². The third kappa shape index (κ3) is 8.44. The highest BCUT2D eigenvalue weighted by atomic mass is 35.5. The quantitative estimate of drug-likeness (QED) is 0.573. The van der Waals surface area contributed by atoms with E-state index in [-0.39, 0.29) is 27.0 Å². The minimum absolute atomic E-state index is 0.152. The lowest BCUT2D eigenvalue weighted by molar-refractivity contribution is 0.102. The van der Waals surface area contributed by atoms with Crippen LogP contribution in [0.25, 0.3) is 0 Å². The zero-order chi connectivity index (χ0) is 19.9. The van der Waals surface area contributed by atoms with Gasteiger partial charge in [-0.3, -0.25) is 14.7 Å². The van der Waals surface area contributed by atoms with Crippen molar-refractivity contribution < 1.29 is 9.59 Å². The van der Waals surface area contributed by atoms with Crippen molar-refractivity contribution in [2.45, 2.75) is 20.3 Å². The van der Waals surface area contributed by atoms with E-state index in [9.17, 15) is 9.59 Å². The smallest absolute Gasteiger partial charge is 0.258 e. The van der Waals surface area contributed by atoms with Crippen LogP contribution in [0, 0.1) is 0 Å². The van der Waals surface area contributed by atoms with E-state index >= 15 is 0 Å². The Morgan fingerprint density at radius 2 is 1.88 bits per heavy atom. The SMILES string of the molecule is CCCNC.CCN.O=Cc1[nH]ncc1NC(=O)c1c(Cl)cccc1Cl. The molecule has 0 aliphatic heterocycles. The van der Waals surface area contributed by atoms with Gasteiger partial charge in [0.15, 0.2) is 6.29 Å². The average molecular weight is 402 g/mol. The monoisotopic (exact) mass is 401 g/mol. The molecule has 0 fully saturated rings. The van der Waals surface area contributed by atoms with Gasteiger partial charge in [0.05, 0.1) is 27.5 Å². The fourth-order valence-electron chi connectivity index (χ4n) is 1.64. The number of carbonyl (C=O) groups excluding carboxylic acids is 2. The number of benzene rings is 1. The summed E-state index contributed by atoms with van der Waals surface area (Å²) < 4.78 is 0. The highest BCUT2D eigenvalue weighted by Crippen LogP contribution is 2.25. The number of carbonyl (C=O) groups is 2. The highest BCUT2D eigenvalue weighted by Gasteiger charge is 2.16. The Kier molecular flexibility index (Phi) is 13.2. The van der Waals surface area contributed by atoms with Gasteiger partial charge in [-0.05, 0) is 38.7 Å². The molecule has 0 unspecified atom stereocenters. The molecular formula is C17H25Cl2N5O2. The molecule has 0 bridgehead atoms. The zero-order valence-electron chi connectivity index (χ0n) is 15.1. The molecule has 0 aliphatic rings. The van der Waals surface area contributed by atoms with E-state index in [1.165, 1.54) is 12.6 Å². The molecule has 0 saturated carbocycles. The number of halogens is 2. The van der Waals surface area contributed by atoms with Gasteiger partial charge in [-0.2, -0.15) is 5.10 Å². The Bertz CT molecular complexity index is 655. The Morgan fingerprint density at radius 3 is 2.31 bits per heavy atom. The molecule has 1 aromatic heterocycles. The molecule has 1 amide bonds. The van der Waals surface area contributed by atoms with Gasteiger partial charge in [-0.1, -0.05) is 43.1 Å². The second kappa shape index (κ2) is 14.3.